The van der Waals surface area contributed by atoms with Crippen molar-refractivity contribution >= 4 is 29.3 Å². The Balaban J connectivity index is 1.66. The van der Waals surface area contributed by atoms with Crippen molar-refractivity contribution in [3.63, 3.8) is 0 Å². The van der Waals surface area contributed by atoms with Crippen LogP contribution in [0.5, 0.6) is 0 Å². The number of rotatable bonds is 4. The smallest absolute Gasteiger partial charge is 0.277 e. The Kier molecular flexibility index (Phi) is 4.69. The Labute approximate surface area is 138 Å². The Bertz CT molecular complexity index is 653. The fourth-order valence-electron chi connectivity index (χ4n) is 2.36. The van der Waals surface area contributed by atoms with E-state index < -0.39 is 0 Å². The highest BCUT2D eigenvalue weighted by molar-refractivity contribution is 8.00. The molecule has 1 atom stereocenters. The van der Waals surface area contributed by atoms with E-state index in [9.17, 15) is 4.79 Å². The molecule has 1 aromatic carbocycles. The average molecular weight is 338 g/mol. The van der Waals surface area contributed by atoms with E-state index in [1.807, 2.05) is 24.0 Å². The van der Waals surface area contributed by atoms with E-state index in [2.05, 4.69) is 10.2 Å². The summed E-state index contributed by atoms with van der Waals surface area (Å²) in [7, 11) is 0. The van der Waals surface area contributed by atoms with E-state index in [0.29, 0.717) is 16.1 Å². The summed E-state index contributed by atoms with van der Waals surface area (Å²) in [5, 5.41) is 8.86. The predicted molar refractivity (Wildman–Crippen MR) is 85.9 cm³/mol. The van der Waals surface area contributed by atoms with Gasteiger partial charge in [0.25, 0.3) is 5.22 Å². The number of amides is 1. The number of benzene rings is 1. The number of hydrogen-bond acceptors (Lipinski definition) is 5. The number of carbonyl (C=O) groups is 1. The van der Waals surface area contributed by atoms with E-state index >= 15 is 0 Å². The van der Waals surface area contributed by atoms with Crippen LogP contribution in [0.1, 0.15) is 19.8 Å². The van der Waals surface area contributed by atoms with Crippen molar-refractivity contribution in [2.24, 2.45) is 0 Å². The number of likely N-dealkylation sites (tertiary alicyclic amines) is 1. The summed E-state index contributed by atoms with van der Waals surface area (Å²) in [5.74, 6) is 0.564. The number of halogens is 1. The SMILES string of the molecule is C[C@@H](Sc1nnc(-c2ccc(Cl)cc2)o1)C(=O)N1CCCC1. The van der Waals surface area contributed by atoms with Gasteiger partial charge in [-0.2, -0.15) is 0 Å². The predicted octanol–water partition coefficient (Wildman–Crippen LogP) is 3.49. The van der Waals surface area contributed by atoms with Crippen molar-refractivity contribution < 1.29 is 9.21 Å². The second-order valence-corrected chi connectivity index (χ2v) is 6.90. The zero-order valence-electron chi connectivity index (χ0n) is 12.2. The molecule has 1 saturated heterocycles. The Morgan fingerprint density at radius 3 is 2.64 bits per heavy atom. The first kappa shape index (κ1) is 15.4. The highest BCUT2D eigenvalue weighted by Crippen LogP contribution is 2.28. The molecule has 1 amide bonds. The molecule has 0 bridgehead atoms. The lowest BCUT2D eigenvalue weighted by Gasteiger charge is -2.18. The fraction of sp³-hybridized carbons (Fsp3) is 0.400. The van der Waals surface area contributed by atoms with Gasteiger partial charge in [0.1, 0.15) is 0 Å². The average Bonchev–Trinajstić information content (AvgIpc) is 3.18. The summed E-state index contributed by atoms with van der Waals surface area (Å²) in [5.41, 5.74) is 0.808. The normalized spacial score (nSPS) is 16.0. The van der Waals surface area contributed by atoms with E-state index in [0.717, 1.165) is 31.5 Å². The molecule has 0 unspecified atom stereocenters. The summed E-state index contributed by atoms with van der Waals surface area (Å²) in [6, 6.07) is 7.19. The van der Waals surface area contributed by atoms with Crippen LogP contribution >= 0.6 is 23.4 Å². The maximum Gasteiger partial charge on any atom is 0.277 e. The zero-order valence-corrected chi connectivity index (χ0v) is 13.7. The van der Waals surface area contributed by atoms with Gasteiger partial charge < -0.3 is 9.32 Å². The van der Waals surface area contributed by atoms with Crippen LogP contribution in [0, 0.1) is 0 Å². The number of nitrogens with zero attached hydrogens (tertiary/aromatic N) is 3. The standard InChI is InChI=1S/C15H16ClN3O2S/c1-10(14(20)19-8-2-3-9-19)22-15-18-17-13(21-15)11-4-6-12(16)7-5-11/h4-7,10H,2-3,8-9H2,1H3/t10-/m1/s1. The zero-order chi connectivity index (χ0) is 15.5. The molecule has 0 saturated carbocycles. The molecule has 1 aliphatic heterocycles. The molecule has 116 valence electrons. The van der Waals surface area contributed by atoms with Gasteiger partial charge in [-0.1, -0.05) is 23.4 Å². The third-order valence-electron chi connectivity index (χ3n) is 3.54. The van der Waals surface area contributed by atoms with Gasteiger partial charge in [-0.25, -0.2) is 0 Å². The van der Waals surface area contributed by atoms with Crippen molar-refractivity contribution in [3.8, 4) is 11.5 Å². The van der Waals surface area contributed by atoms with Gasteiger partial charge >= 0.3 is 0 Å². The first-order valence-corrected chi connectivity index (χ1v) is 8.44. The van der Waals surface area contributed by atoms with Crippen molar-refractivity contribution in [2.75, 3.05) is 13.1 Å². The molecule has 0 radical (unpaired) electrons. The van der Waals surface area contributed by atoms with Crippen LogP contribution in [0.2, 0.25) is 5.02 Å². The topological polar surface area (TPSA) is 59.2 Å². The number of hydrogen-bond donors (Lipinski definition) is 0. The monoisotopic (exact) mass is 337 g/mol. The molecule has 3 rings (SSSR count). The summed E-state index contributed by atoms with van der Waals surface area (Å²) in [6.45, 7) is 3.57. The van der Waals surface area contributed by atoms with Gasteiger partial charge in [0.15, 0.2) is 0 Å². The van der Waals surface area contributed by atoms with Crippen LogP contribution in [0.15, 0.2) is 33.9 Å². The third-order valence-corrected chi connectivity index (χ3v) is 4.71. The number of aromatic nitrogens is 2. The second-order valence-electron chi connectivity index (χ2n) is 5.17. The Hall–Kier alpha value is -1.53. The molecular formula is C15H16ClN3O2S. The molecule has 1 fully saturated rings. The lowest BCUT2D eigenvalue weighted by atomic mass is 10.2. The van der Waals surface area contributed by atoms with Crippen molar-refractivity contribution in [3.05, 3.63) is 29.3 Å². The van der Waals surface area contributed by atoms with E-state index in [4.69, 9.17) is 16.0 Å². The molecule has 7 heteroatoms. The minimum absolute atomic E-state index is 0.133. The Morgan fingerprint density at radius 2 is 1.95 bits per heavy atom. The molecule has 0 N–H and O–H groups in total. The molecule has 0 aliphatic carbocycles. The molecule has 0 spiro atoms. The Morgan fingerprint density at radius 1 is 1.27 bits per heavy atom. The minimum atomic E-state index is -0.225. The van der Waals surface area contributed by atoms with E-state index in [-0.39, 0.29) is 11.2 Å². The molecule has 2 aromatic rings. The fourth-order valence-corrected chi connectivity index (χ4v) is 3.26. The van der Waals surface area contributed by atoms with Crippen LogP contribution in [0.3, 0.4) is 0 Å². The molecular weight excluding hydrogens is 322 g/mol. The van der Waals surface area contributed by atoms with E-state index in [1.54, 1.807) is 12.1 Å². The third kappa shape index (κ3) is 3.44. The molecule has 5 nitrogen and oxygen atoms in total. The highest BCUT2D eigenvalue weighted by atomic mass is 35.5. The van der Waals surface area contributed by atoms with Crippen LogP contribution in [-0.2, 0) is 4.79 Å². The van der Waals surface area contributed by atoms with Crippen LogP contribution < -0.4 is 0 Å². The van der Waals surface area contributed by atoms with Gasteiger partial charge in [0.05, 0.1) is 5.25 Å². The van der Waals surface area contributed by atoms with Crippen LogP contribution in [0.25, 0.3) is 11.5 Å². The second kappa shape index (κ2) is 6.71. The molecule has 22 heavy (non-hydrogen) atoms. The van der Waals surface area contributed by atoms with Gasteiger partial charge in [-0.15, -0.1) is 10.2 Å². The van der Waals surface area contributed by atoms with Crippen molar-refractivity contribution in [2.45, 2.75) is 30.2 Å². The van der Waals surface area contributed by atoms with Gasteiger partial charge in [-0.05, 0) is 44.0 Å². The van der Waals surface area contributed by atoms with Crippen LogP contribution in [-0.4, -0.2) is 39.3 Å². The minimum Gasteiger partial charge on any atom is -0.411 e. The summed E-state index contributed by atoms with van der Waals surface area (Å²) in [6.07, 6.45) is 2.18. The number of thioether (sulfide) groups is 1. The summed E-state index contributed by atoms with van der Waals surface area (Å²) < 4.78 is 5.62. The largest absolute Gasteiger partial charge is 0.411 e. The first-order valence-electron chi connectivity index (χ1n) is 7.18. The highest BCUT2D eigenvalue weighted by Gasteiger charge is 2.25. The molecule has 1 aliphatic rings. The van der Waals surface area contributed by atoms with Crippen molar-refractivity contribution in [1.82, 2.24) is 15.1 Å². The summed E-state index contributed by atoms with van der Waals surface area (Å²) >= 11 is 7.16. The lowest BCUT2D eigenvalue weighted by Crippen LogP contribution is -2.34. The number of carbonyl (C=O) groups excluding carboxylic acids is 1. The summed E-state index contributed by atoms with van der Waals surface area (Å²) in [4.78, 5) is 14.2. The maximum atomic E-state index is 12.3. The lowest BCUT2D eigenvalue weighted by molar-refractivity contribution is -0.129. The molecule has 1 aromatic heterocycles. The maximum absolute atomic E-state index is 12.3. The molecule has 2 heterocycles. The van der Waals surface area contributed by atoms with Crippen molar-refractivity contribution in [1.29, 1.82) is 0 Å². The van der Waals surface area contributed by atoms with E-state index in [1.165, 1.54) is 11.8 Å². The van der Waals surface area contributed by atoms with Gasteiger partial charge in [0.2, 0.25) is 11.8 Å². The van der Waals surface area contributed by atoms with Gasteiger partial charge in [-0.3, -0.25) is 4.79 Å². The quantitative estimate of drug-likeness (QED) is 0.799. The first-order chi connectivity index (χ1) is 10.6. The van der Waals surface area contributed by atoms with Gasteiger partial charge in [0, 0.05) is 23.7 Å². The van der Waals surface area contributed by atoms with Crippen LogP contribution in [0.4, 0.5) is 0 Å².